The fourth-order valence-corrected chi connectivity index (χ4v) is 1.07. The lowest BCUT2D eigenvalue weighted by molar-refractivity contribution is -0.125. The third-order valence-electron chi connectivity index (χ3n) is 2.00. The lowest BCUT2D eigenvalue weighted by Gasteiger charge is -2.13. The summed E-state index contributed by atoms with van der Waals surface area (Å²) >= 11 is 0. The highest BCUT2D eigenvalue weighted by Gasteiger charge is 2.13. The van der Waals surface area contributed by atoms with E-state index >= 15 is 0 Å². The molecule has 0 saturated heterocycles. The molecular weight excluding hydrogens is 180 g/mol. The summed E-state index contributed by atoms with van der Waals surface area (Å²) < 4.78 is 5.29. The maximum atomic E-state index is 11.4. The van der Waals surface area contributed by atoms with Gasteiger partial charge in [0.25, 0.3) is 0 Å². The molecule has 0 saturated carbocycles. The molecule has 0 aromatic heterocycles. The first-order valence-corrected chi connectivity index (χ1v) is 5.21. The van der Waals surface area contributed by atoms with E-state index in [9.17, 15) is 4.79 Å². The van der Waals surface area contributed by atoms with Crippen LogP contribution in [0.4, 0.5) is 0 Å². The molecule has 0 rings (SSSR count). The number of rotatable bonds is 7. The van der Waals surface area contributed by atoms with Gasteiger partial charge in [0.15, 0.2) is 0 Å². The van der Waals surface area contributed by atoms with E-state index in [1.54, 1.807) is 0 Å². The summed E-state index contributed by atoms with van der Waals surface area (Å²) in [5.41, 5.74) is 5.44. The van der Waals surface area contributed by atoms with Crippen LogP contribution >= 0.6 is 0 Å². The van der Waals surface area contributed by atoms with Crippen LogP contribution in [0.15, 0.2) is 0 Å². The number of amides is 1. The molecule has 0 aliphatic carbocycles. The Hall–Kier alpha value is -0.610. The largest absolute Gasteiger partial charge is 0.377 e. The van der Waals surface area contributed by atoms with Crippen molar-refractivity contribution < 1.29 is 9.53 Å². The van der Waals surface area contributed by atoms with Gasteiger partial charge in [0.2, 0.25) is 5.91 Å². The van der Waals surface area contributed by atoms with E-state index < -0.39 is 0 Å². The lowest BCUT2D eigenvalue weighted by atomic mass is 10.1. The lowest BCUT2D eigenvalue weighted by Crippen LogP contribution is -2.36. The second-order valence-corrected chi connectivity index (χ2v) is 3.55. The monoisotopic (exact) mass is 202 g/mol. The molecule has 84 valence electrons. The van der Waals surface area contributed by atoms with E-state index in [2.05, 4.69) is 5.32 Å². The van der Waals surface area contributed by atoms with Gasteiger partial charge in [-0.05, 0) is 20.3 Å². The summed E-state index contributed by atoms with van der Waals surface area (Å²) in [6.45, 7) is 7.43. The number of ether oxygens (including phenoxy) is 1. The number of nitrogens with one attached hydrogen (secondary N) is 1. The quantitative estimate of drug-likeness (QED) is 0.591. The van der Waals surface area contributed by atoms with Crippen LogP contribution in [0, 0.1) is 5.92 Å². The van der Waals surface area contributed by atoms with E-state index in [-0.39, 0.29) is 17.9 Å². The Bertz CT molecular complexity index is 156. The van der Waals surface area contributed by atoms with Crippen LogP contribution in [0.25, 0.3) is 0 Å². The number of hydrogen-bond acceptors (Lipinski definition) is 3. The van der Waals surface area contributed by atoms with Crippen molar-refractivity contribution in [2.75, 3.05) is 19.7 Å². The van der Waals surface area contributed by atoms with E-state index in [0.717, 1.165) is 6.42 Å². The fraction of sp³-hybridized carbons (Fsp3) is 0.900. The highest BCUT2D eigenvalue weighted by atomic mass is 16.5. The summed E-state index contributed by atoms with van der Waals surface area (Å²) in [7, 11) is 0. The maximum Gasteiger partial charge on any atom is 0.224 e. The molecule has 1 atom stereocenters. The Kier molecular flexibility index (Phi) is 7.42. The second kappa shape index (κ2) is 7.76. The molecule has 0 aliphatic heterocycles. The minimum absolute atomic E-state index is 0.0300. The first-order valence-electron chi connectivity index (χ1n) is 5.21. The van der Waals surface area contributed by atoms with Crippen molar-refractivity contribution in [3.05, 3.63) is 0 Å². The fourth-order valence-electron chi connectivity index (χ4n) is 1.07. The van der Waals surface area contributed by atoms with Crippen molar-refractivity contribution in [2.45, 2.75) is 33.3 Å². The van der Waals surface area contributed by atoms with Gasteiger partial charge in [0.05, 0.1) is 12.7 Å². The highest BCUT2D eigenvalue weighted by Crippen LogP contribution is 1.98. The molecule has 14 heavy (non-hydrogen) atoms. The molecule has 0 spiro atoms. The molecule has 0 heterocycles. The number of hydrogen-bond donors (Lipinski definition) is 2. The van der Waals surface area contributed by atoms with Crippen molar-refractivity contribution in [1.82, 2.24) is 5.32 Å². The van der Waals surface area contributed by atoms with Gasteiger partial charge in [0.1, 0.15) is 0 Å². The van der Waals surface area contributed by atoms with E-state index in [1.807, 2.05) is 20.8 Å². The molecule has 1 amide bonds. The Morgan fingerprint density at radius 1 is 1.50 bits per heavy atom. The molecule has 3 N–H and O–H groups in total. The Labute approximate surface area is 86.2 Å². The summed E-state index contributed by atoms with van der Waals surface area (Å²) in [5.74, 6) is -0.0311. The molecule has 4 heteroatoms. The van der Waals surface area contributed by atoms with E-state index in [0.29, 0.717) is 19.7 Å². The van der Waals surface area contributed by atoms with Gasteiger partial charge in [-0.1, -0.05) is 6.92 Å². The zero-order valence-corrected chi connectivity index (χ0v) is 9.38. The van der Waals surface area contributed by atoms with Crippen molar-refractivity contribution >= 4 is 5.91 Å². The van der Waals surface area contributed by atoms with Gasteiger partial charge in [-0.15, -0.1) is 0 Å². The topological polar surface area (TPSA) is 64.4 Å². The molecule has 1 unspecified atom stereocenters. The normalized spacial score (nSPS) is 12.9. The Morgan fingerprint density at radius 3 is 2.57 bits per heavy atom. The van der Waals surface area contributed by atoms with Crippen LogP contribution in [0.1, 0.15) is 27.2 Å². The maximum absolute atomic E-state index is 11.4. The predicted molar refractivity (Wildman–Crippen MR) is 56.9 cm³/mol. The third kappa shape index (κ3) is 5.94. The van der Waals surface area contributed by atoms with Gasteiger partial charge >= 0.3 is 0 Å². The van der Waals surface area contributed by atoms with Crippen molar-refractivity contribution in [1.29, 1.82) is 0 Å². The van der Waals surface area contributed by atoms with Gasteiger partial charge in [-0.25, -0.2) is 0 Å². The average Bonchev–Trinajstić information content (AvgIpc) is 2.14. The smallest absolute Gasteiger partial charge is 0.224 e. The van der Waals surface area contributed by atoms with Crippen LogP contribution < -0.4 is 11.1 Å². The molecule has 0 aromatic rings. The summed E-state index contributed by atoms with van der Waals surface area (Å²) in [6, 6.07) is 0. The number of carbonyl (C=O) groups is 1. The third-order valence-corrected chi connectivity index (χ3v) is 2.00. The van der Waals surface area contributed by atoms with Crippen molar-refractivity contribution in [2.24, 2.45) is 11.7 Å². The molecule has 0 aliphatic rings. The summed E-state index contributed by atoms with van der Waals surface area (Å²) in [5, 5.41) is 2.80. The summed E-state index contributed by atoms with van der Waals surface area (Å²) in [4.78, 5) is 11.4. The molecule has 0 bridgehead atoms. The SMILES string of the molecule is CCC(CN)C(=O)NCCOC(C)C. The molecule has 4 nitrogen and oxygen atoms in total. The number of nitrogens with two attached hydrogens (primary N) is 1. The first kappa shape index (κ1) is 13.4. The number of carbonyl (C=O) groups excluding carboxylic acids is 1. The minimum atomic E-state index is -0.0611. The van der Waals surface area contributed by atoms with Gasteiger partial charge in [0, 0.05) is 19.0 Å². The van der Waals surface area contributed by atoms with Crippen LogP contribution in [0.5, 0.6) is 0 Å². The van der Waals surface area contributed by atoms with Gasteiger partial charge in [-0.3, -0.25) is 4.79 Å². The minimum Gasteiger partial charge on any atom is -0.377 e. The average molecular weight is 202 g/mol. The predicted octanol–water partition coefficient (Wildman–Crippen LogP) is 0.513. The molecule has 0 radical (unpaired) electrons. The first-order chi connectivity index (χ1) is 6.61. The van der Waals surface area contributed by atoms with E-state index in [1.165, 1.54) is 0 Å². The van der Waals surface area contributed by atoms with Gasteiger partial charge in [-0.2, -0.15) is 0 Å². The van der Waals surface area contributed by atoms with Crippen LogP contribution in [0.2, 0.25) is 0 Å². The second-order valence-electron chi connectivity index (χ2n) is 3.55. The highest BCUT2D eigenvalue weighted by molar-refractivity contribution is 5.78. The molecular formula is C10H22N2O2. The Morgan fingerprint density at radius 2 is 2.14 bits per heavy atom. The van der Waals surface area contributed by atoms with Crippen molar-refractivity contribution in [3.8, 4) is 0 Å². The van der Waals surface area contributed by atoms with Gasteiger partial charge < -0.3 is 15.8 Å². The molecule has 0 fully saturated rings. The standard InChI is InChI=1S/C10H22N2O2/c1-4-9(7-11)10(13)12-5-6-14-8(2)3/h8-9H,4-7,11H2,1-3H3,(H,12,13). The Balaban J connectivity index is 3.52. The zero-order chi connectivity index (χ0) is 11.0. The summed E-state index contributed by atoms with van der Waals surface area (Å²) in [6.07, 6.45) is 0.997. The van der Waals surface area contributed by atoms with Crippen LogP contribution in [0.3, 0.4) is 0 Å². The van der Waals surface area contributed by atoms with Crippen LogP contribution in [-0.4, -0.2) is 31.7 Å². The zero-order valence-electron chi connectivity index (χ0n) is 9.38. The van der Waals surface area contributed by atoms with Crippen molar-refractivity contribution in [3.63, 3.8) is 0 Å². The van der Waals surface area contributed by atoms with Crippen LogP contribution in [-0.2, 0) is 9.53 Å². The van der Waals surface area contributed by atoms with E-state index in [4.69, 9.17) is 10.5 Å². The molecule has 0 aromatic carbocycles.